The van der Waals surface area contributed by atoms with Gasteiger partial charge in [0.15, 0.2) is 0 Å². The van der Waals surface area contributed by atoms with Gasteiger partial charge in [0, 0.05) is 40.5 Å². The Morgan fingerprint density at radius 3 is 2.64 bits per heavy atom. The molecule has 0 bridgehead atoms. The summed E-state index contributed by atoms with van der Waals surface area (Å²) in [6.07, 6.45) is 4.27. The zero-order chi connectivity index (χ0) is 20.5. The molecule has 3 rings (SSSR count). The molecular formula is C22H27N5O. The summed E-state index contributed by atoms with van der Waals surface area (Å²) in [4.78, 5) is 16.5. The first-order valence-electron chi connectivity index (χ1n) is 9.17. The predicted molar refractivity (Wildman–Crippen MR) is 117 cm³/mol. The number of aromatic nitrogens is 1. The number of benzene rings is 2. The molecule has 0 fully saturated rings. The fourth-order valence-electron chi connectivity index (χ4n) is 2.75. The van der Waals surface area contributed by atoms with E-state index < -0.39 is 0 Å². The van der Waals surface area contributed by atoms with Crippen molar-refractivity contribution in [2.75, 3.05) is 19.3 Å². The van der Waals surface area contributed by atoms with E-state index in [0.29, 0.717) is 17.8 Å². The molecule has 0 aliphatic heterocycles. The first-order chi connectivity index (χ1) is 13.6. The molecule has 0 aliphatic rings. The average molecular weight is 377 g/mol. The van der Waals surface area contributed by atoms with Crippen LogP contribution in [0.25, 0.3) is 28.1 Å². The van der Waals surface area contributed by atoms with Gasteiger partial charge in [0.25, 0.3) is 5.91 Å². The molecule has 1 amide bonds. The maximum Gasteiger partial charge on any atom is 0.267 e. The van der Waals surface area contributed by atoms with Crippen LogP contribution in [-0.4, -0.2) is 24.5 Å². The Kier molecular flexibility index (Phi) is 7.54. The van der Waals surface area contributed by atoms with E-state index >= 15 is 0 Å². The molecule has 1 heterocycles. The van der Waals surface area contributed by atoms with E-state index in [4.69, 9.17) is 11.5 Å². The van der Waals surface area contributed by atoms with Gasteiger partial charge in [0.05, 0.1) is 11.2 Å². The average Bonchev–Trinajstić information content (AvgIpc) is 2.74. The van der Waals surface area contributed by atoms with Crippen LogP contribution in [0, 0.1) is 0 Å². The maximum atomic E-state index is 12.0. The molecule has 0 saturated carbocycles. The van der Waals surface area contributed by atoms with Crippen molar-refractivity contribution in [3.8, 4) is 11.1 Å². The fraction of sp³-hybridized carbons (Fsp3) is 0.182. The number of pyridine rings is 1. The lowest BCUT2D eigenvalue weighted by Gasteiger charge is -2.10. The molecule has 0 aliphatic carbocycles. The van der Waals surface area contributed by atoms with E-state index in [0.717, 1.165) is 28.5 Å². The zero-order valence-corrected chi connectivity index (χ0v) is 16.3. The molecule has 0 saturated heterocycles. The Morgan fingerprint density at radius 1 is 1.14 bits per heavy atom. The number of nitrogen functional groups attached to an aromatic ring is 1. The minimum atomic E-state index is -0.288. The topological polar surface area (TPSA) is 120 Å². The van der Waals surface area contributed by atoms with Crippen molar-refractivity contribution >= 4 is 28.6 Å². The summed E-state index contributed by atoms with van der Waals surface area (Å²) in [7, 11) is 1.50. The quantitative estimate of drug-likeness (QED) is 0.402. The molecule has 0 radical (unpaired) electrons. The molecule has 7 N–H and O–H groups in total. The van der Waals surface area contributed by atoms with Gasteiger partial charge in [-0.2, -0.15) is 0 Å². The third-order valence-corrected chi connectivity index (χ3v) is 4.15. The summed E-state index contributed by atoms with van der Waals surface area (Å²) >= 11 is 0. The lowest BCUT2D eigenvalue weighted by Crippen LogP contribution is -2.29. The smallest absolute Gasteiger partial charge is 0.267 e. The van der Waals surface area contributed by atoms with Crippen LogP contribution in [0.5, 0.6) is 0 Å². The molecule has 3 aromatic rings. The first kappa shape index (κ1) is 20.9. The normalized spacial score (nSPS) is 10.9. The van der Waals surface area contributed by atoms with Crippen LogP contribution in [0.1, 0.15) is 18.9 Å². The van der Waals surface area contributed by atoms with Crippen LogP contribution >= 0.6 is 0 Å². The monoisotopic (exact) mass is 377 g/mol. The highest BCUT2D eigenvalue weighted by atomic mass is 16.1. The van der Waals surface area contributed by atoms with Gasteiger partial charge in [-0.15, -0.1) is 0 Å². The third-order valence-electron chi connectivity index (χ3n) is 4.15. The van der Waals surface area contributed by atoms with E-state index in [1.165, 1.54) is 7.05 Å². The summed E-state index contributed by atoms with van der Waals surface area (Å²) in [5.41, 5.74) is 20.9. The Balaban J connectivity index is 0.00000136. The number of amides is 1. The number of carbonyl (C=O) groups excluding carboxylic acids is 1. The molecule has 0 unspecified atom stereocenters. The van der Waals surface area contributed by atoms with Crippen molar-refractivity contribution in [3.05, 3.63) is 66.0 Å². The number of rotatable bonds is 5. The van der Waals surface area contributed by atoms with Gasteiger partial charge in [-0.05, 0) is 31.7 Å². The van der Waals surface area contributed by atoms with Gasteiger partial charge in [-0.3, -0.25) is 9.78 Å². The Labute approximate surface area is 165 Å². The second-order valence-corrected chi connectivity index (χ2v) is 6.08. The van der Waals surface area contributed by atoms with Crippen molar-refractivity contribution in [2.45, 2.75) is 13.3 Å². The summed E-state index contributed by atoms with van der Waals surface area (Å²) in [5, 5.41) is 3.80. The molecule has 28 heavy (non-hydrogen) atoms. The number of hydrogen-bond donors (Lipinski definition) is 4. The van der Waals surface area contributed by atoms with Gasteiger partial charge in [-0.1, -0.05) is 43.3 Å². The number of nitrogens with zero attached hydrogens (tertiary/aromatic N) is 1. The van der Waals surface area contributed by atoms with E-state index in [1.807, 2.05) is 49.4 Å². The Morgan fingerprint density at radius 2 is 1.89 bits per heavy atom. The van der Waals surface area contributed by atoms with Crippen LogP contribution in [0.3, 0.4) is 0 Å². The summed E-state index contributed by atoms with van der Waals surface area (Å²) < 4.78 is 0. The van der Waals surface area contributed by atoms with Crippen LogP contribution in [0.2, 0.25) is 0 Å². The Hall–Kier alpha value is -3.38. The summed E-state index contributed by atoms with van der Waals surface area (Å²) in [6, 6.07) is 15.6. The van der Waals surface area contributed by atoms with Crippen LogP contribution in [0.4, 0.5) is 5.69 Å². The highest BCUT2D eigenvalue weighted by Crippen LogP contribution is 2.30. The van der Waals surface area contributed by atoms with Gasteiger partial charge in [0.2, 0.25) is 0 Å². The third kappa shape index (κ3) is 4.86. The largest absolute Gasteiger partial charge is 0.398 e. The zero-order valence-electron chi connectivity index (χ0n) is 16.3. The van der Waals surface area contributed by atoms with Gasteiger partial charge >= 0.3 is 0 Å². The minimum absolute atomic E-state index is 0.138. The number of nitrogens with one attached hydrogen (secondary N) is 1. The van der Waals surface area contributed by atoms with Gasteiger partial charge in [-0.25, -0.2) is 0 Å². The van der Waals surface area contributed by atoms with Crippen molar-refractivity contribution in [3.63, 3.8) is 0 Å². The molecule has 146 valence electrons. The predicted octanol–water partition coefficient (Wildman–Crippen LogP) is 2.88. The van der Waals surface area contributed by atoms with Gasteiger partial charge < -0.3 is 22.5 Å². The van der Waals surface area contributed by atoms with Crippen LogP contribution in [0.15, 0.2) is 60.4 Å². The number of fused-ring (bicyclic) bond motifs is 1. The molecular weight excluding hydrogens is 350 g/mol. The minimum Gasteiger partial charge on any atom is -0.398 e. The SMILES string of the molecule is CCCNC(=O)/C(N)=C/c1cccc(-c2cnc3ccccc3c2)c1N.CN. The van der Waals surface area contributed by atoms with Crippen LogP contribution in [-0.2, 0) is 4.79 Å². The Bertz CT molecular complexity index is 982. The van der Waals surface area contributed by atoms with Crippen molar-refractivity contribution in [1.29, 1.82) is 0 Å². The number of hydrogen-bond acceptors (Lipinski definition) is 5. The van der Waals surface area contributed by atoms with E-state index in [1.54, 1.807) is 12.3 Å². The van der Waals surface area contributed by atoms with Crippen molar-refractivity contribution in [2.24, 2.45) is 11.5 Å². The summed E-state index contributed by atoms with van der Waals surface area (Å²) in [6.45, 7) is 2.57. The number of anilines is 1. The molecule has 0 atom stereocenters. The van der Waals surface area contributed by atoms with Gasteiger partial charge in [0.1, 0.15) is 0 Å². The molecule has 0 spiro atoms. The van der Waals surface area contributed by atoms with Crippen LogP contribution < -0.4 is 22.5 Å². The fourth-order valence-corrected chi connectivity index (χ4v) is 2.75. The lowest BCUT2D eigenvalue weighted by molar-refractivity contribution is -0.117. The number of carbonyl (C=O) groups is 1. The highest BCUT2D eigenvalue weighted by Gasteiger charge is 2.10. The molecule has 6 nitrogen and oxygen atoms in total. The second-order valence-electron chi connectivity index (χ2n) is 6.08. The van der Waals surface area contributed by atoms with Crippen molar-refractivity contribution in [1.82, 2.24) is 10.3 Å². The highest BCUT2D eigenvalue weighted by molar-refractivity contribution is 5.98. The second kappa shape index (κ2) is 10.1. The first-order valence-corrected chi connectivity index (χ1v) is 9.17. The van der Waals surface area contributed by atoms with E-state index in [2.05, 4.69) is 22.1 Å². The van der Waals surface area contributed by atoms with E-state index in [-0.39, 0.29) is 11.6 Å². The summed E-state index contributed by atoms with van der Waals surface area (Å²) in [5.74, 6) is -0.288. The number of nitrogens with two attached hydrogens (primary N) is 3. The molecule has 1 aromatic heterocycles. The standard InChI is InChI=1S/C21H22N4O.CH5N/c1-2-10-24-21(26)18(22)12-15-7-5-8-17(20(15)23)16-11-14-6-3-4-9-19(14)25-13-16;1-2/h3-9,11-13H,2,10,22-23H2,1H3,(H,24,26);2H2,1H3/b18-12-;. The molecule has 2 aromatic carbocycles. The van der Waals surface area contributed by atoms with Crippen molar-refractivity contribution < 1.29 is 4.79 Å². The van der Waals surface area contributed by atoms with E-state index in [9.17, 15) is 4.79 Å². The lowest BCUT2D eigenvalue weighted by atomic mass is 9.99. The maximum absolute atomic E-state index is 12.0. The number of para-hydroxylation sites is 2. The molecule has 6 heteroatoms.